The molecule has 0 aliphatic carbocycles. The van der Waals surface area contributed by atoms with Crippen molar-refractivity contribution in [1.82, 2.24) is 53.2 Å². The van der Waals surface area contributed by atoms with Gasteiger partial charge >= 0.3 is 18.2 Å². The van der Waals surface area contributed by atoms with Gasteiger partial charge in [0.05, 0.1) is 31.4 Å². The van der Waals surface area contributed by atoms with E-state index >= 15 is 4.79 Å². The molecule has 2 rings (SSSR count). The number of ether oxygens (including phenoxy) is 2. The number of nitrogens with two attached hydrogens (primary N) is 3. The molecule has 530 valence electrons. The van der Waals surface area contributed by atoms with Crippen LogP contribution in [0.1, 0.15) is 112 Å². The molecule has 34 nitrogen and oxygen atoms in total. The maximum Gasteiger partial charge on any atom is 0.408 e. The van der Waals surface area contributed by atoms with E-state index in [0.29, 0.717) is 5.56 Å². The highest BCUT2D eigenvalue weighted by molar-refractivity contribution is 5.99. The molecule has 13 atom stereocenters. The summed E-state index contributed by atoms with van der Waals surface area (Å²) in [6.45, 7) is 13.1. The third-order valence-electron chi connectivity index (χ3n) is 14.3. The minimum absolute atomic E-state index is 0.0290. The normalized spacial score (nSPS) is 15.4. The van der Waals surface area contributed by atoms with Gasteiger partial charge in [0, 0.05) is 26.3 Å². The highest BCUT2D eigenvalue weighted by atomic mass is 16.6. The van der Waals surface area contributed by atoms with Gasteiger partial charge in [0.2, 0.25) is 53.2 Å². The molecule has 0 spiro atoms. The first kappa shape index (κ1) is 81.7. The molecule has 2 aromatic rings. The van der Waals surface area contributed by atoms with Gasteiger partial charge < -0.3 is 110 Å². The van der Waals surface area contributed by atoms with Gasteiger partial charge in [0.1, 0.15) is 60.5 Å². The summed E-state index contributed by atoms with van der Waals surface area (Å²) in [5.74, 6) is -14.6. The zero-order valence-corrected chi connectivity index (χ0v) is 55.6. The number of nitrogens with one attached hydrogen (secondary N) is 10. The fourth-order valence-electron chi connectivity index (χ4n) is 8.91. The number of alkyl carbamates (subject to hydrolysis) is 2. The quantitative estimate of drug-likeness (QED) is 0.0177. The third-order valence-corrected chi connectivity index (χ3v) is 14.3. The van der Waals surface area contributed by atoms with Gasteiger partial charge in [-0.3, -0.25) is 48.1 Å². The van der Waals surface area contributed by atoms with Crippen molar-refractivity contribution in [2.24, 2.45) is 39.9 Å². The largest absolute Gasteiger partial charge is 0.480 e. The number of hydrogen-bond acceptors (Lipinski definition) is 20. The third kappa shape index (κ3) is 28.4. The lowest BCUT2D eigenvalue weighted by Crippen LogP contribution is -2.63. The summed E-state index contributed by atoms with van der Waals surface area (Å²) in [4.78, 5) is 169. The van der Waals surface area contributed by atoms with E-state index in [-0.39, 0.29) is 56.3 Å². The number of carboxylic acids is 1. The molecule has 0 aliphatic rings. The second kappa shape index (κ2) is 39.3. The summed E-state index contributed by atoms with van der Waals surface area (Å²) in [5.41, 5.74) is 16.8. The molecule has 34 heteroatoms. The Morgan fingerprint density at radius 3 is 1.66 bits per heavy atom. The van der Waals surface area contributed by atoms with E-state index in [4.69, 9.17) is 26.7 Å². The summed E-state index contributed by atoms with van der Waals surface area (Å²) in [5, 5.41) is 75.0. The van der Waals surface area contributed by atoms with Crippen molar-refractivity contribution in [2.75, 3.05) is 38.7 Å². The Labute approximate surface area is 551 Å². The highest BCUT2D eigenvalue weighted by Crippen LogP contribution is 2.24. The van der Waals surface area contributed by atoms with E-state index in [1.165, 1.54) is 0 Å². The molecule has 0 heterocycles. The zero-order valence-electron chi connectivity index (χ0n) is 55.6. The van der Waals surface area contributed by atoms with Crippen molar-refractivity contribution < 1.29 is 92.5 Å². The van der Waals surface area contributed by atoms with Crippen LogP contribution in [0.3, 0.4) is 0 Å². The number of aliphatic hydroxyl groups is 4. The topological polar surface area (TPSA) is 538 Å². The average Bonchev–Trinajstić information content (AvgIpc) is 0.836. The number of anilines is 1. The molecule has 0 fully saturated rings. The first-order valence-corrected chi connectivity index (χ1v) is 30.7. The van der Waals surface area contributed by atoms with Crippen LogP contribution in [0.5, 0.6) is 0 Å². The van der Waals surface area contributed by atoms with Crippen molar-refractivity contribution in [3.63, 3.8) is 0 Å². The number of benzene rings is 2. The van der Waals surface area contributed by atoms with Gasteiger partial charge in [-0.2, -0.15) is 0 Å². The number of carbonyl (C=O) groups excluding carboxylic acids is 11. The number of rotatable bonds is 38. The van der Waals surface area contributed by atoms with Crippen molar-refractivity contribution in [3.8, 4) is 0 Å². The van der Waals surface area contributed by atoms with E-state index < -0.39 is 175 Å². The Morgan fingerprint density at radius 2 is 1.15 bits per heavy atom. The molecule has 95 heavy (non-hydrogen) atoms. The molecule has 2 aromatic carbocycles. The average molecular weight is 1340 g/mol. The lowest BCUT2D eigenvalue weighted by molar-refractivity contribution is -0.145. The maximum absolute atomic E-state index is 15.0. The van der Waals surface area contributed by atoms with Crippen LogP contribution in [-0.2, 0) is 64.0 Å². The summed E-state index contributed by atoms with van der Waals surface area (Å²) < 4.78 is 11.1. The van der Waals surface area contributed by atoms with Crippen molar-refractivity contribution in [1.29, 1.82) is 0 Å². The fourth-order valence-corrected chi connectivity index (χ4v) is 8.91. The van der Waals surface area contributed by atoms with Crippen LogP contribution in [0.4, 0.5) is 15.3 Å². The van der Waals surface area contributed by atoms with Crippen molar-refractivity contribution in [2.45, 2.75) is 180 Å². The van der Waals surface area contributed by atoms with Crippen LogP contribution in [0, 0.1) is 17.8 Å². The first-order chi connectivity index (χ1) is 44.3. The fraction of sp³-hybridized carbons (Fsp3) is 0.590. The Balaban J connectivity index is 2.61. The second-order valence-corrected chi connectivity index (χ2v) is 24.5. The van der Waals surface area contributed by atoms with Crippen molar-refractivity contribution >= 4 is 83.0 Å². The van der Waals surface area contributed by atoms with E-state index in [0.717, 1.165) is 12.6 Å². The maximum atomic E-state index is 15.0. The van der Waals surface area contributed by atoms with Crippen LogP contribution in [-0.4, -0.2) is 209 Å². The predicted octanol–water partition coefficient (Wildman–Crippen LogP) is -3.41. The highest BCUT2D eigenvalue weighted by Gasteiger charge is 2.42. The Bertz CT molecular complexity index is 2940. The summed E-state index contributed by atoms with van der Waals surface area (Å²) in [6.07, 6.45) is -8.08. The minimum atomic E-state index is -2.44. The van der Waals surface area contributed by atoms with Gasteiger partial charge in [0.25, 0.3) is 0 Å². The number of aliphatic imine (C=N–C) groups is 1. The number of nitrogens with zero attached hydrogens (tertiary/aromatic N) is 2. The van der Waals surface area contributed by atoms with Crippen LogP contribution < -0.4 is 75.3 Å². The first-order valence-electron chi connectivity index (χ1n) is 30.7. The standard InChI is InChI=1S/C61H97N15O19/c1-13-32(6)41(53(86)72-42(33(7)78)52(85)66-27-40(79)70-46(48(81)49(62)82)56(89)69-39(28-77)57(90)91)71-50(83)37(20-17-25-65-58(63)64)67-51(84)38(26-30(2)3)68-55(88)45(47(80)31(4)5)73-54(87)44(75-59(92)94-29-34-18-15-14-16-19-34)43(74-60(93)95-61(8,9)10)35-21-23-36(24-22-35)76(11)12/h14-16,18-19,21-24,30-33,37-39,41-48,77-78,80-81H,13,17,20,25-29H2,1-12H3,(H2,62,82)(H,66,85)(H,67,84)(H,68,88)(H,69,89)(H,70,79)(H,71,83)(H,72,86)(H,73,87)(H,74,93)(H,75,92)(H,90,91)(H4,63,64,65)/t32-,33-,37+,38-,39-,41-,42-,43+,44-,45-,46-,47+,48-/m0/s1. The van der Waals surface area contributed by atoms with Crippen LogP contribution >= 0.6 is 0 Å². The smallest absolute Gasteiger partial charge is 0.408 e. The molecule has 0 bridgehead atoms. The number of guanidine groups is 1. The monoisotopic (exact) mass is 1340 g/mol. The molecule has 21 N–H and O–H groups in total. The predicted molar refractivity (Wildman–Crippen MR) is 344 cm³/mol. The second-order valence-electron chi connectivity index (χ2n) is 24.5. The van der Waals surface area contributed by atoms with E-state index in [1.54, 1.807) is 141 Å². The van der Waals surface area contributed by atoms with Gasteiger partial charge in [-0.25, -0.2) is 14.4 Å². The van der Waals surface area contributed by atoms with Crippen molar-refractivity contribution in [3.05, 3.63) is 65.7 Å². The number of carbonyl (C=O) groups is 12. The summed E-state index contributed by atoms with van der Waals surface area (Å²) in [6, 6.07) is -0.676. The number of aliphatic carboxylic acids is 1. The molecule has 0 aliphatic heterocycles. The number of carboxylic acid groups (broad SMARTS) is 1. The number of hydrogen-bond donors (Lipinski definition) is 18. The van der Waals surface area contributed by atoms with E-state index in [2.05, 4.69) is 47.5 Å². The molecular weight excluding hydrogens is 1250 g/mol. The summed E-state index contributed by atoms with van der Waals surface area (Å²) >= 11 is 0. The van der Waals surface area contributed by atoms with Gasteiger partial charge in [0.15, 0.2) is 12.1 Å². The molecule has 0 radical (unpaired) electrons. The SMILES string of the molecule is CC[C@H](C)[C@H](NC(=O)[C@@H](CCCN=C(N)N)NC(=O)[C@H](CC(C)C)NC(=O)[C@@H](NC(=O)[C@@H](NC(=O)OCc1ccccc1)[C@H](NC(=O)OC(C)(C)C)c1ccc(N(C)C)cc1)[C@H](O)C(C)C)C(=O)N[C@H](C(=O)NCC(=O)N[C@H](C(=O)N[C@@H](CO)C(=O)O)[C@H](O)C(N)=O)[C@H](C)O. The summed E-state index contributed by atoms with van der Waals surface area (Å²) in [7, 11) is 3.58. The number of aliphatic hydroxyl groups excluding tert-OH is 4. The molecule has 0 aromatic heterocycles. The lowest BCUT2D eigenvalue weighted by Gasteiger charge is -2.33. The van der Waals surface area contributed by atoms with Crippen LogP contribution in [0.2, 0.25) is 0 Å². The van der Waals surface area contributed by atoms with E-state index in [1.807, 2.05) is 5.32 Å². The van der Waals surface area contributed by atoms with E-state index in [9.17, 15) is 78.3 Å². The van der Waals surface area contributed by atoms with Crippen LogP contribution in [0.15, 0.2) is 59.6 Å². The zero-order chi connectivity index (χ0) is 72.2. The number of primary amides is 1. The van der Waals surface area contributed by atoms with Crippen LogP contribution in [0.25, 0.3) is 0 Å². The Hall–Kier alpha value is -9.41. The molecule has 0 saturated carbocycles. The van der Waals surface area contributed by atoms with Gasteiger partial charge in [-0.05, 0) is 88.0 Å². The molecule has 0 saturated heterocycles. The Morgan fingerprint density at radius 1 is 0.611 bits per heavy atom. The molecule has 0 unspecified atom stereocenters. The van der Waals surface area contributed by atoms with Gasteiger partial charge in [-0.1, -0.05) is 90.4 Å². The molecule has 11 amide bonds. The number of amides is 11. The Kier molecular flexibility index (Phi) is 33.8. The lowest BCUT2D eigenvalue weighted by atomic mass is 9.95. The molecular formula is C61H97N15O19. The minimum Gasteiger partial charge on any atom is -0.480 e. The van der Waals surface area contributed by atoms with Gasteiger partial charge in [-0.15, -0.1) is 0 Å².